The molecule has 1 heterocycles. The molecular weight excluding hydrogens is 198 g/mol. The minimum absolute atomic E-state index is 0.396. The number of hydrogen-bond donors (Lipinski definition) is 0. The van der Waals surface area contributed by atoms with Gasteiger partial charge in [0.15, 0.2) is 0 Å². The maximum Gasteiger partial charge on any atom is 0.120 e. The Balaban J connectivity index is 2.24. The van der Waals surface area contributed by atoms with Gasteiger partial charge in [-0.05, 0) is 17.5 Å². The van der Waals surface area contributed by atoms with Crippen molar-refractivity contribution in [3.8, 4) is 0 Å². The van der Waals surface area contributed by atoms with Crippen LogP contribution in [0.4, 0.5) is 5.69 Å². The highest BCUT2D eigenvalue weighted by molar-refractivity contribution is 5.63. The maximum atomic E-state index is 10.7. The molecule has 1 aromatic rings. The van der Waals surface area contributed by atoms with Crippen LogP contribution in [-0.2, 0) is 4.79 Å². The van der Waals surface area contributed by atoms with Crippen molar-refractivity contribution in [1.82, 2.24) is 0 Å². The number of fused-ring (bicyclic) bond motifs is 1. The summed E-state index contributed by atoms with van der Waals surface area (Å²) in [6.45, 7) is 6.54. The summed E-state index contributed by atoms with van der Waals surface area (Å²) < 4.78 is 0. The zero-order chi connectivity index (χ0) is 11.5. The van der Waals surface area contributed by atoms with Crippen molar-refractivity contribution in [3.05, 3.63) is 29.8 Å². The lowest BCUT2D eigenvalue weighted by molar-refractivity contribution is -0.108. The van der Waals surface area contributed by atoms with E-state index in [-0.39, 0.29) is 0 Å². The van der Waals surface area contributed by atoms with Crippen molar-refractivity contribution in [2.75, 3.05) is 18.0 Å². The Morgan fingerprint density at radius 3 is 2.88 bits per heavy atom. The summed E-state index contributed by atoms with van der Waals surface area (Å²) in [6.07, 6.45) is 1.69. The number of nitrogens with zero attached hydrogens (tertiary/aromatic N) is 1. The van der Waals surface area contributed by atoms with Crippen LogP contribution in [0.3, 0.4) is 0 Å². The molecule has 86 valence electrons. The summed E-state index contributed by atoms with van der Waals surface area (Å²) in [6, 6.07) is 8.47. The van der Waals surface area contributed by atoms with Crippen molar-refractivity contribution in [1.29, 1.82) is 0 Å². The average molecular weight is 217 g/mol. The van der Waals surface area contributed by atoms with Gasteiger partial charge < -0.3 is 9.69 Å². The number of aldehydes is 1. The zero-order valence-electron chi connectivity index (χ0n) is 10.0. The van der Waals surface area contributed by atoms with E-state index in [1.807, 2.05) is 0 Å². The molecule has 0 amide bonds. The van der Waals surface area contributed by atoms with Crippen LogP contribution in [0.2, 0.25) is 0 Å². The third kappa shape index (κ3) is 2.11. The lowest BCUT2D eigenvalue weighted by Gasteiger charge is -2.21. The van der Waals surface area contributed by atoms with E-state index < -0.39 is 0 Å². The minimum atomic E-state index is 0.396. The molecule has 0 fully saturated rings. The van der Waals surface area contributed by atoms with Gasteiger partial charge in [0.05, 0.1) is 0 Å². The van der Waals surface area contributed by atoms with Crippen molar-refractivity contribution >= 4 is 12.0 Å². The van der Waals surface area contributed by atoms with Crippen LogP contribution in [-0.4, -0.2) is 19.4 Å². The van der Waals surface area contributed by atoms with Crippen LogP contribution >= 0.6 is 0 Å². The lowest BCUT2D eigenvalue weighted by atomic mass is 9.99. The van der Waals surface area contributed by atoms with E-state index in [0.717, 1.165) is 19.4 Å². The molecule has 0 N–H and O–H groups in total. The first-order valence-corrected chi connectivity index (χ1v) is 6.00. The largest absolute Gasteiger partial charge is 0.370 e. The first kappa shape index (κ1) is 11.2. The van der Waals surface area contributed by atoms with Crippen LogP contribution < -0.4 is 4.90 Å². The molecule has 0 spiro atoms. The maximum absolute atomic E-state index is 10.7. The van der Waals surface area contributed by atoms with Crippen molar-refractivity contribution in [2.24, 2.45) is 5.92 Å². The van der Waals surface area contributed by atoms with Gasteiger partial charge in [0.2, 0.25) is 0 Å². The first-order chi connectivity index (χ1) is 7.72. The van der Waals surface area contributed by atoms with Gasteiger partial charge in [0, 0.05) is 31.1 Å². The second kappa shape index (κ2) is 4.69. The van der Waals surface area contributed by atoms with Crippen molar-refractivity contribution in [2.45, 2.75) is 26.2 Å². The van der Waals surface area contributed by atoms with E-state index in [2.05, 4.69) is 43.0 Å². The predicted octanol–water partition coefficient (Wildman–Crippen LogP) is 2.84. The Bertz CT molecular complexity index is 373. The topological polar surface area (TPSA) is 20.3 Å². The summed E-state index contributed by atoms with van der Waals surface area (Å²) in [5, 5.41) is 0. The molecule has 2 nitrogen and oxygen atoms in total. The SMILES string of the molecule is CC(C)CN1CC(CC=O)c2ccccc21. The van der Waals surface area contributed by atoms with Gasteiger partial charge in [0.1, 0.15) is 6.29 Å². The van der Waals surface area contributed by atoms with Gasteiger partial charge in [-0.3, -0.25) is 0 Å². The number of benzene rings is 1. The Kier molecular flexibility index (Phi) is 3.28. The second-order valence-corrected chi connectivity index (χ2v) is 4.96. The number of hydrogen-bond acceptors (Lipinski definition) is 2. The molecule has 0 bridgehead atoms. The lowest BCUT2D eigenvalue weighted by Crippen LogP contribution is -2.26. The van der Waals surface area contributed by atoms with Crippen molar-refractivity contribution < 1.29 is 4.79 Å². The van der Waals surface area contributed by atoms with Gasteiger partial charge in [-0.15, -0.1) is 0 Å². The number of carbonyl (C=O) groups excluding carboxylic acids is 1. The molecule has 1 aliphatic rings. The first-order valence-electron chi connectivity index (χ1n) is 6.00. The Morgan fingerprint density at radius 1 is 1.44 bits per heavy atom. The number of para-hydroxylation sites is 1. The third-order valence-electron chi connectivity index (χ3n) is 3.12. The highest BCUT2D eigenvalue weighted by Crippen LogP contribution is 2.37. The molecule has 2 heteroatoms. The summed E-state index contributed by atoms with van der Waals surface area (Å²) in [5.74, 6) is 1.05. The normalized spacial score (nSPS) is 18.9. The van der Waals surface area contributed by atoms with Crippen LogP contribution in [0.15, 0.2) is 24.3 Å². The second-order valence-electron chi connectivity index (χ2n) is 4.96. The minimum Gasteiger partial charge on any atom is -0.370 e. The van der Waals surface area contributed by atoms with E-state index in [4.69, 9.17) is 0 Å². The van der Waals surface area contributed by atoms with Gasteiger partial charge in [-0.25, -0.2) is 0 Å². The standard InChI is InChI=1S/C14H19NO/c1-11(2)9-15-10-12(7-8-16)13-5-3-4-6-14(13)15/h3-6,8,11-12H,7,9-10H2,1-2H3. The summed E-state index contributed by atoms with van der Waals surface area (Å²) in [4.78, 5) is 13.1. The molecule has 1 aliphatic heterocycles. The fourth-order valence-corrected chi connectivity index (χ4v) is 2.51. The van der Waals surface area contributed by atoms with Gasteiger partial charge in [0.25, 0.3) is 0 Å². The van der Waals surface area contributed by atoms with Crippen LogP contribution in [0.5, 0.6) is 0 Å². The molecular formula is C14H19NO. The van der Waals surface area contributed by atoms with E-state index >= 15 is 0 Å². The van der Waals surface area contributed by atoms with Crippen LogP contribution in [0.1, 0.15) is 31.7 Å². The fourth-order valence-electron chi connectivity index (χ4n) is 2.51. The van der Waals surface area contributed by atoms with Crippen LogP contribution in [0.25, 0.3) is 0 Å². The number of carbonyl (C=O) groups is 1. The molecule has 0 saturated carbocycles. The molecule has 16 heavy (non-hydrogen) atoms. The van der Waals surface area contributed by atoms with E-state index in [9.17, 15) is 4.79 Å². The van der Waals surface area contributed by atoms with Gasteiger partial charge in [-0.2, -0.15) is 0 Å². The van der Waals surface area contributed by atoms with E-state index in [1.54, 1.807) is 0 Å². The molecule has 0 aromatic heterocycles. The molecule has 0 aliphatic carbocycles. The molecule has 1 unspecified atom stereocenters. The molecule has 0 saturated heterocycles. The molecule has 1 aromatic carbocycles. The van der Waals surface area contributed by atoms with Gasteiger partial charge >= 0.3 is 0 Å². The number of anilines is 1. The molecule has 0 radical (unpaired) electrons. The Morgan fingerprint density at radius 2 is 2.19 bits per heavy atom. The monoisotopic (exact) mass is 217 g/mol. The number of rotatable bonds is 4. The van der Waals surface area contributed by atoms with Gasteiger partial charge in [-0.1, -0.05) is 32.0 Å². The highest BCUT2D eigenvalue weighted by atomic mass is 16.1. The predicted molar refractivity (Wildman–Crippen MR) is 66.9 cm³/mol. The summed E-state index contributed by atoms with van der Waals surface area (Å²) in [7, 11) is 0. The average Bonchev–Trinajstić information content (AvgIpc) is 2.58. The summed E-state index contributed by atoms with van der Waals surface area (Å²) >= 11 is 0. The van der Waals surface area contributed by atoms with E-state index in [0.29, 0.717) is 18.3 Å². The third-order valence-corrected chi connectivity index (χ3v) is 3.12. The fraction of sp³-hybridized carbons (Fsp3) is 0.500. The van der Waals surface area contributed by atoms with Crippen molar-refractivity contribution in [3.63, 3.8) is 0 Å². The van der Waals surface area contributed by atoms with Crippen LogP contribution in [0, 0.1) is 5.92 Å². The molecule has 2 rings (SSSR count). The molecule has 1 atom stereocenters. The Labute approximate surface area is 97.3 Å². The zero-order valence-corrected chi connectivity index (χ0v) is 10.0. The quantitative estimate of drug-likeness (QED) is 0.723. The highest BCUT2D eigenvalue weighted by Gasteiger charge is 2.27. The smallest absolute Gasteiger partial charge is 0.120 e. The summed E-state index contributed by atoms with van der Waals surface area (Å²) in [5.41, 5.74) is 2.67. The Hall–Kier alpha value is -1.31. The van der Waals surface area contributed by atoms with E-state index in [1.165, 1.54) is 11.3 Å².